The smallest absolute Gasteiger partial charge is 0.419 e. The normalized spacial score (nSPS) is 11.7. The van der Waals surface area contributed by atoms with Crippen molar-refractivity contribution >= 4 is 17.4 Å². The van der Waals surface area contributed by atoms with Crippen LogP contribution in [0.3, 0.4) is 0 Å². The topological polar surface area (TPSA) is 84.8 Å². The highest BCUT2D eigenvalue weighted by molar-refractivity contribution is 6.45. The van der Waals surface area contributed by atoms with Gasteiger partial charge in [-0.05, 0) is 11.6 Å². The van der Waals surface area contributed by atoms with Crippen LogP contribution >= 0.6 is 0 Å². The number of alkyl halides is 3. The second-order valence-electron chi connectivity index (χ2n) is 5.44. The van der Waals surface area contributed by atoms with Crippen molar-refractivity contribution in [2.24, 2.45) is 5.16 Å². The number of halogens is 3. The number of oxime groups is 1. The van der Waals surface area contributed by atoms with Crippen molar-refractivity contribution in [2.45, 2.75) is 12.8 Å². The molecule has 2 aromatic rings. The van der Waals surface area contributed by atoms with E-state index in [4.69, 9.17) is 9.57 Å². The molecule has 0 radical (unpaired) electrons. The molecule has 0 spiro atoms. The van der Waals surface area contributed by atoms with Crippen LogP contribution in [0.5, 0.6) is 5.88 Å². The lowest BCUT2D eigenvalue weighted by Gasteiger charge is -2.14. The van der Waals surface area contributed by atoms with Gasteiger partial charge in [-0.2, -0.15) is 18.2 Å². The van der Waals surface area contributed by atoms with Crippen molar-refractivity contribution in [3.8, 4) is 5.88 Å². The Morgan fingerprint density at radius 2 is 1.89 bits per heavy atom. The number of ether oxygens (including phenoxy) is 1. The summed E-state index contributed by atoms with van der Waals surface area (Å²) in [6.45, 7) is -0.0442. The maximum absolute atomic E-state index is 13.0. The van der Waals surface area contributed by atoms with Crippen LogP contribution in [0.4, 0.5) is 19.0 Å². The summed E-state index contributed by atoms with van der Waals surface area (Å²) in [7, 11) is 4.11. The number of rotatable bonds is 7. The number of hydrogen-bond donors (Lipinski definition) is 2. The maximum atomic E-state index is 13.0. The fraction of sp³-hybridized carbons (Fsp3) is 0.278. The molecule has 28 heavy (non-hydrogen) atoms. The minimum atomic E-state index is -4.53. The fourth-order valence-corrected chi connectivity index (χ4v) is 2.39. The zero-order valence-corrected chi connectivity index (χ0v) is 15.4. The van der Waals surface area contributed by atoms with E-state index in [1.165, 1.54) is 21.2 Å². The maximum Gasteiger partial charge on any atom is 0.419 e. The number of nitrogens with zero attached hydrogens (tertiary/aromatic N) is 2. The number of benzene rings is 1. The molecule has 1 amide bonds. The Hall–Kier alpha value is -3.30. The van der Waals surface area contributed by atoms with E-state index in [1.54, 1.807) is 24.3 Å². The van der Waals surface area contributed by atoms with E-state index in [9.17, 15) is 18.0 Å². The van der Waals surface area contributed by atoms with Gasteiger partial charge in [-0.1, -0.05) is 29.4 Å². The number of likely N-dealkylation sites (N-methyl/N-ethyl adjacent to an activating group) is 1. The number of hydrogen-bond acceptors (Lipinski definition) is 6. The lowest BCUT2D eigenvalue weighted by molar-refractivity contribution is -0.137. The average Bonchev–Trinajstić information content (AvgIpc) is 2.69. The number of amides is 1. The van der Waals surface area contributed by atoms with Crippen molar-refractivity contribution in [1.82, 2.24) is 10.3 Å². The summed E-state index contributed by atoms with van der Waals surface area (Å²) in [5, 5.41) is 8.62. The average molecular weight is 396 g/mol. The zero-order valence-electron chi connectivity index (χ0n) is 15.4. The van der Waals surface area contributed by atoms with E-state index >= 15 is 0 Å². The molecule has 1 aromatic heterocycles. The standard InChI is InChI=1S/C18H19F3N4O3/c1-22-16-13(18(19,20)21)8-9-14(24-16)28-10-11-6-4-5-7-12(11)15(25-27-3)17(26)23-2/h4-9H,10H2,1-3H3,(H,22,24)(H,23,26)/b25-15-. The molecule has 0 fully saturated rings. The summed E-state index contributed by atoms with van der Waals surface area (Å²) in [6, 6.07) is 8.83. The van der Waals surface area contributed by atoms with Crippen molar-refractivity contribution in [2.75, 3.05) is 26.5 Å². The monoisotopic (exact) mass is 396 g/mol. The predicted octanol–water partition coefficient (Wildman–Crippen LogP) is 2.82. The van der Waals surface area contributed by atoms with Gasteiger partial charge in [0, 0.05) is 25.7 Å². The minimum Gasteiger partial charge on any atom is -0.473 e. The molecule has 1 heterocycles. The lowest BCUT2D eigenvalue weighted by Crippen LogP contribution is -2.29. The van der Waals surface area contributed by atoms with Gasteiger partial charge in [-0.25, -0.2) is 0 Å². The van der Waals surface area contributed by atoms with Crippen LogP contribution < -0.4 is 15.4 Å². The van der Waals surface area contributed by atoms with E-state index in [-0.39, 0.29) is 24.0 Å². The molecule has 1 aromatic carbocycles. The molecule has 0 aliphatic heterocycles. The van der Waals surface area contributed by atoms with Crippen LogP contribution in [0, 0.1) is 0 Å². The molecule has 0 aliphatic rings. The Morgan fingerprint density at radius 3 is 2.50 bits per heavy atom. The minimum absolute atomic E-state index is 0.00248. The quantitative estimate of drug-likeness (QED) is 0.555. The van der Waals surface area contributed by atoms with Gasteiger partial charge in [0.1, 0.15) is 19.5 Å². The second kappa shape index (κ2) is 9.07. The van der Waals surface area contributed by atoms with Gasteiger partial charge in [0.2, 0.25) is 5.88 Å². The molecular weight excluding hydrogens is 377 g/mol. The molecule has 0 saturated carbocycles. The van der Waals surface area contributed by atoms with Crippen molar-refractivity contribution in [1.29, 1.82) is 0 Å². The van der Waals surface area contributed by atoms with Crippen LogP contribution in [-0.4, -0.2) is 37.8 Å². The first-order valence-electron chi connectivity index (χ1n) is 8.12. The lowest BCUT2D eigenvalue weighted by atomic mass is 10.0. The van der Waals surface area contributed by atoms with Crippen LogP contribution in [0.2, 0.25) is 0 Å². The number of carbonyl (C=O) groups is 1. The molecule has 150 valence electrons. The predicted molar refractivity (Wildman–Crippen MR) is 97.2 cm³/mol. The summed E-state index contributed by atoms with van der Waals surface area (Å²) in [4.78, 5) is 20.6. The summed E-state index contributed by atoms with van der Waals surface area (Å²) in [5.74, 6) is -0.804. The molecule has 0 saturated heterocycles. The van der Waals surface area contributed by atoms with Gasteiger partial charge in [-0.3, -0.25) is 4.79 Å². The molecule has 0 bridgehead atoms. The third-order valence-corrected chi connectivity index (χ3v) is 3.68. The first-order chi connectivity index (χ1) is 13.3. The van der Waals surface area contributed by atoms with Gasteiger partial charge >= 0.3 is 6.18 Å². The van der Waals surface area contributed by atoms with E-state index < -0.39 is 17.6 Å². The SMILES string of the molecule is CNC(=O)/C(=N\OC)c1ccccc1COc1ccc(C(F)(F)F)c(NC)n1. The van der Waals surface area contributed by atoms with Gasteiger partial charge in [0.15, 0.2) is 5.71 Å². The highest BCUT2D eigenvalue weighted by Gasteiger charge is 2.34. The summed E-state index contributed by atoms with van der Waals surface area (Å²) >= 11 is 0. The molecule has 2 N–H and O–H groups in total. The fourth-order valence-electron chi connectivity index (χ4n) is 2.39. The zero-order chi connectivity index (χ0) is 20.7. The third kappa shape index (κ3) is 4.90. The second-order valence-corrected chi connectivity index (χ2v) is 5.44. The Balaban J connectivity index is 2.29. The molecule has 0 atom stereocenters. The van der Waals surface area contributed by atoms with Crippen molar-refractivity contribution < 1.29 is 27.5 Å². The molecule has 0 unspecified atom stereocenters. The Labute approximate surface area is 159 Å². The van der Waals surface area contributed by atoms with Gasteiger partial charge in [0.05, 0.1) is 5.56 Å². The van der Waals surface area contributed by atoms with Crippen LogP contribution in [0.1, 0.15) is 16.7 Å². The van der Waals surface area contributed by atoms with Gasteiger partial charge in [-0.15, -0.1) is 0 Å². The van der Waals surface area contributed by atoms with Gasteiger partial charge < -0.3 is 20.2 Å². The summed E-state index contributed by atoms with van der Waals surface area (Å²) in [6.07, 6.45) is -4.53. The number of nitrogens with one attached hydrogen (secondary N) is 2. The van der Waals surface area contributed by atoms with E-state index in [0.717, 1.165) is 12.1 Å². The molecular formula is C18H19F3N4O3. The number of carbonyl (C=O) groups excluding carboxylic acids is 1. The molecule has 7 nitrogen and oxygen atoms in total. The number of anilines is 1. The van der Waals surface area contributed by atoms with Crippen molar-refractivity contribution in [3.63, 3.8) is 0 Å². The number of aromatic nitrogens is 1. The van der Waals surface area contributed by atoms with Crippen LogP contribution in [-0.2, 0) is 22.4 Å². The summed E-state index contributed by atoms with van der Waals surface area (Å²) in [5.41, 5.74) is 0.191. The van der Waals surface area contributed by atoms with Crippen molar-refractivity contribution in [3.05, 3.63) is 53.1 Å². The molecule has 2 rings (SSSR count). The van der Waals surface area contributed by atoms with E-state index in [1.807, 2.05) is 0 Å². The Bertz CT molecular complexity index is 869. The van der Waals surface area contributed by atoms with E-state index in [0.29, 0.717) is 11.1 Å². The first-order valence-corrected chi connectivity index (χ1v) is 8.12. The Kier molecular flexibility index (Phi) is 6.80. The highest BCUT2D eigenvalue weighted by Crippen LogP contribution is 2.34. The Morgan fingerprint density at radius 1 is 1.18 bits per heavy atom. The van der Waals surface area contributed by atoms with Crippen LogP contribution in [0.15, 0.2) is 41.6 Å². The highest BCUT2D eigenvalue weighted by atomic mass is 19.4. The first kappa shape index (κ1) is 21.0. The van der Waals surface area contributed by atoms with Gasteiger partial charge in [0.25, 0.3) is 5.91 Å². The third-order valence-electron chi connectivity index (χ3n) is 3.68. The number of pyridine rings is 1. The van der Waals surface area contributed by atoms with E-state index in [2.05, 4.69) is 20.8 Å². The largest absolute Gasteiger partial charge is 0.473 e. The summed E-state index contributed by atoms with van der Waals surface area (Å²) < 4.78 is 44.4. The molecule has 10 heteroatoms. The van der Waals surface area contributed by atoms with Crippen LogP contribution in [0.25, 0.3) is 0 Å². The molecule has 0 aliphatic carbocycles.